The van der Waals surface area contributed by atoms with Crippen LogP contribution in [0.25, 0.3) is 0 Å². The summed E-state index contributed by atoms with van der Waals surface area (Å²) in [6, 6.07) is 0. The third-order valence-corrected chi connectivity index (χ3v) is 4.92. The number of methoxy groups -OCH3 is 1. The molecule has 0 heterocycles. The summed E-state index contributed by atoms with van der Waals surface area (Å²) in [5.74, 6) is 0.739. The van der Waals surface area contributed by atoms with Gasteiger partial charge < -0.3 is 14.2 Å². The quantitative estimate of drug-likeness (QED) is 0.554. The molecule has 20 heavy (non-hydrogen) atoms. The van der Waals surface area contributed by atoms with Crippen molar-refractivity contribution in [2.24, 2.45) is 11.3 Å². The average Bonchev–Trinajstić information content (AvgIpc) is 2.31. The highest BCUT2D eigenvalue weighted by Crippen LogP contribution is 2.42. The molecule has 3 nitrogen and oxygen atoms in total. The minimum Gasteiger partial charge on any atom is -0.382 e. The maximum absolute atomic E-state index is 6.30. The number of ether oxygens (including phenoxy) is 3. The summed E-state index contributed by atoms with van der Waals surface area (Å²) in [7, 11) is 1.68. The Bertz CT molecular complexity index is 308. The van der Waals surface area contributed by atoms with Crippen LogP contribution >= 0.6 is 11.6 Å². The van der Waals surface area contributed by atoms with Crippen molar-refractivity contribution < 1.29 is 14.2 Å². The molecule has 2 fully saturated rings. The van der Waals surface area contributed by atoms with Gasteiger partial charge in [0, 0.05) is 7.11 Å². The first-order chi connectivity index (χ1) is 9.41. The molecule has 5 unspecified atom stereocenters. The Morgan fingerprint density at radius 2 is 1.90 bits per heavy atom. The largest absolute Gasteiger partial charge is 0.382 e. The van der Waals surface area contributed by atoms with Crippen molar-refractivity contribution in [2.45, 2.75) is 70.1 Å². The molecule has 0 saturated heterocycles. The number of alkyl halides is 1. The second kappa shape index (κ2) is 6.95. The van der Waals surface area contributed by atoms with Gasteiger partial charge in [0.2, 0.25) is 0 Å². The highest BCUT2D eigenvalue weighted by molar-refractivity contribution is 6.21. The van der Waals surface area contributed by atoms with Crippen molar-refractivity contribution in [3.8, 4) is 0 Å². The lowest BCUT2D eigenvalue weighted by Gasteiger charge is -2.46. The summed E-state index contributed by atoms with van der Waals surface area (Å²) >= 11 is 6.25. The first-order valence-electron chi connectivity index (χ1n) is 7.81. The van der Waals surface area contributed by atoms with E-state index in [4.69, 9.17) is 25.8 Å². The van der Waals surface area contributed by atoms with E-state index in [2.05, 4.69) is 20.8 Å². The van der Waals surface area contributed by atoms with Crippen molar-refractivity contribution in [2.75, 3.05) is 20.3 Å². The molecule has 0 N–H and O–H groups in total. The first-order valence-corrected chi connectivity index (χ1v) is 8.25. The molecule has 0 aromatic heterocycles. The van der Waals surface area contributed by atoms with Gasteiger partial charge in [0.05, 0.1) is 30.8 Å². The fourth-order valence-electron chi connectivity index (χ4n) is 3.75. The van der Waals surface area contributed by atoms with Gasteiger partial charge in [-0.05, 0) is 37.0 Å². The van der Waals surface area contributed by atoms with E-state index in [9.17, 15) is 0 Å². The van der Waals surface area contributed by atoms with E-state index in [0.717, 1.165) is 25.2 Å². The molecule has 0 amide bonds. The highest BCUT2D eigenvalue weighted by atomic mass is 35.5. The standard InChI is InChI=1S/C16H29ClO3/c1-11-7-12(10-16(2,3)9-11)20-14-8-13(17)15(14)19-6-5-18-4/h11-15H,5-10H2,1-4H3. The molecule has 0 aliphatic heterocycles. The Hall–Kier alpha value is 0.170. The van der Waals surface area contributed by atoms with Crippen molar-refractivity contribution in [3.05, 3.63) is 0 Å². The molecule has 2 saturated carbocycles. The van der Waals surface area contributed by atoms with Crippen LogP contribution in [-0.4, -0.2) is 44.0 Å². The van der Waals surface area contributed by atoms with Crippen LogP contribution in [0.2, 0.25) is 0 Å². The van der Waals surface area contributed by atoms with E-state index >= 15 is 0 Å². The van der Waals surface area contributed by atoms with Crippen LogP contribution in [0.3, 0.4) is 0 Å². The zero-order chi connectivity index (χ0) is 14.8. The molecule has 118 valence electrons. The number of hydrogen-bond donors (Lipinski definition) is 0. The van der Waals surface area contributed by atoms with Gasteiger partial charge in [-0.25, -0.2) is 0 Å². The SMILES string of the molecule is COCCOC1C(Cl)CC1OC1CC(C)CC(C)(C)C1. The molecule has 5 atom stereocenters. The van der Waals surface area contributed by atoms with Crippen LogP contribution in [0, 0.1) is 11.3 Å². The lowest BCUT2D eigenvalue weighted by molar-refractivity contribution is -0.167. The van der Waals surface area contributed by atoms with Gasteiger partial charge in [0.25, 0.3) is 0 Å². The van der Waals surface area contributed by atoms with E-state index in [1.54, 1.807) is 7.11 Å². The molecule has 0 bridgehead atoms. The van der Waals surface area contributed by atoms with Gasteiger partial charge in [0.1, 0.15) is 6.10 Å². The second-order valence-corrected chi connectivity index (χ2v) is 7.85. The van der Waals surface area contributed by atoms with E-state index in [0.29, 0.717) is 24.7 Å². The molecular weight excluding hydrogens is 276 g/mol. The average molecular weight is 305 g/mol. The number of halogens is 1. The maximum atomic E-state index is 6.30. The van der Waals surface area contributed by atoms with Gasteiger partial charge in [-0.3, -0.25) is 0 Å². The summed E-state index contributed by atoms with van der Waals surface area (Å²) in [6.07, 6.45) is 5.07. The fourth-order valence-corrected chi connectivity index (χ4v) is 4.16. The third kappa shape index (κ3) is 4.33. The molecule has 0 aromatic rings. The monoisotopic (exact) mass is 304 g/mol. The van der Waals surface area contributed by atoms with Gasteiger partial charge in [-0.2, -0.15) is 0 Å². The minimum atomic E-state index is 0.0344. The summed E-state index contributed by atoms with van der Waals surface area (Å²) in [5.41, 5.74) is 0.388. The Balaban J connectivity index is 1.80. The normalized spacial score (nSPS) is 40.4. The molecule has 4 heteroatoms. The van der Waals surface area contributed by atoms with Gasteiger partial charge in [-0.1, -0.05) is 20.8 Å². The predicted octanol–water partition coefficient (Wildman–Crippen LogP) is 3.63. The Morgan fingerprint density at radius 3 is 2.50 bits per heavy atom. The van der Waals surface area contributed by atoms with Crippen molar-refractivity contribution in [1.82, 2.24) is 0 Å². The summed E-state index contributed by atoms with van der Waals surface area (Å²) < 4.78 is 17.1. The summed E-state index contributed by atoms with van der Waals surface area (Å²) in [5, 5.41) is 0.0888. The minimum absolute atomic E-state index is 0.0344. The lowest BCUT2D eigenvalue weighted by Crippen LogP contribution is -2.53. The van der Waals surface area contributed by atoms with Crippen LogP contribution in [0.15, 0.2) is 0 Å². The van der Waals surface area contributed by atoms with Crippen molar-refractivity contribution in [3.63, 3.8) is 0 Å². The van der Waals surface area contributed by atoms with E-state index in [1.165, 1.54) is 6.42 Å². The topological polar surface area (TPSA) is 27.7 Å². The van der Waals surface area contributed by atoms with E-state index < -0.39 is 0 Å². The fraction of sp³-hybridized carbons (Fsp3) is 1.00. The molecule has 2 rings (SSSR count). The van der Waals surface area contributed by atoms with Crippen molar-refractivity contribution in [1.29, 1.82) is 0 Å². The maximum Gasteiger partial charge on any atom is 0.100 e. The Labute approximate surface area is 128 Å². The van der Waals surface area contributed by atoms with Gasteiger partial charge in [0.15, 0.2) is 0 Å². The lowest BCUT2D eigenvalue weighted by atomic mass is 9.71. The van der Waals surface area contributed by atoms with E-state index in [-0.39, 0.29) is 17.6 Å². The Morgan fingerprint density at radius 1 is 1.15 bits per heavy atom. The highest BCUT2D eigenvalue weighted by Gasteiger charge is 2.44. The van der Waals surface area contributed by atoms with Gasteiger partial charge in [-0.15, -0.1) is 11.6 Å². The molecule has 2 aliphatic rings. The van der Waals surface area contributed by atoms with Crippen LogP contribution < -0.4 is 0 Å². The Kier molecular flexibility index (Phi) is 5.75. The smallest absolute Gasteiger partial charge is 0.100 e. The molecule has 0 aromatic carbocycles. The summed E-state index contributed by atoms with van der Waals surface area (Å²) in [6.45, 7) is 8.22. The van der Waals surface area contributed by atoms with Crippen molar-refractivity contribution >= 4 is 11.6 Å². The van der Waals surface area contributed by atoms with Crippen LogP contribution in [-0.2, 0) is 14.2 Å². The van der Waals surface area contributed by atoms with Crippen LogP contribution in [0.1, 0.15) is 46.5 Å². The predicted molar refractivity (Wildman–Crippen MR) is 81.3 cm³/mol. The van der Waals surface area contributed by atoms with Crippen LogP contribution in [0.5, 0.6) is 0 Å². The zero-order valence-electron chi connectivity index (χ0n) is 13.2. The van der Waals surface area contributed by atoms with Crippen LogP contribution in [0.4, 0.5) is 0 Å². The van der Waals surface area contributed by atoms with Gasteiger partial charge >= 0.3 is 0 Å². The molecule has 2 aliphatic carbocycles. The van der Waals surface area contributed by atoms with E-state index in [1.807, 2.05) is 0 Å². The zero-order valence-corrected chi connectivity index (χ0v) is 14.0. The number of hydrogen-bond acceptors (Lipinski definition) is 3. The molecule has 0 radical (unpaired) electrons. The summed E-state index contributed by atoms with van der Waals surface area (Å²) in [4.78, 5) is 0. The molecule has 0 spiro atoms. The third-order valence-electron chi connectivity index (χ3n) is 4.49. The number of rotatable bonds is 6. The molecular formula is C16H29ClO3. The first kappa shape index (κ1) is 16.5. The second-order valence-electron chi connectivity index (χ2n) is 7.29.